The number of hydrogen-bond donors (Lipinski definition) is 2. The minimum absolute atomic E-state index is 0.287. The third-order valence-corrected chi connectivity index (χ3v) is 4.47. The van der Waals surface area contributed by atoms with Crippen LogP contribution in [0.3, 0.4) is 0 Å². The summed E-state index contributed by atoms with van der Waals surface area (Å²) in [4.78, 5) is 0. The molecule has 0 spiro atoms. The van der Waals surface area contributed by atoms with Gasteiger partial charge in [-0.3, -0.25) is 5.01 Å². The SMILES string of the molecule is C=C/C(Cl)=C\C=C(/C)CN(Cc1ccc(O)cc1C)/N=C(\CC)CCNC. The first kappa shape index (κ1) is 23.0. The van der Waals surface area contributed by atoms with Gasteiger partial charge in [-0.25, -0.2) is 0 Å². The lowest BCUT2D eigenvalue weighted by Crippen LogP contribution is -2.23. The summed E-state index contributed by atoms with van der Waals surface area (Å²) in [6.07, 6.45) is 7.30. The van der Waals surface area contributed by atoms with Gasteiger partial charge < -0.3 is 10.4 Å². The van der Waals surface area contributed by atoms with Crippen LogP contribution < -0.4 is 5.32 Å². The van der Waals surface area contributed by atoms with E-state index < -0.39 is 0 Å². The predicted molar refractivity (Wildman–Crippen MR) is 117 cm³/mol. The molecular weight excluding hydrogens is 358 g/mol. The highest BCUT2D eigenvalue weighted by Crippen LogP contribution is 2.18. The van der Waals surface area contributed by atoms with E-state index in [1.54, 1.807) is 18.2 Å². The largest absolute Gasteiger partial charge is 0.508 e. The number of nitrogens with one attached hydrogen (secondary N) is 1. The molecule has 1 aromatic rings. The van der Waals surface area contributed by atoms with E-state index in [0.29, 0.717) is 18.1 Å². The molecule has 2 N–H and O–H groups in total. The van der Waals surface area contributed by atoms with Crippen LogP contribution >= 0.6 is 11.6 Å². The monoisotopic (exact) mass is 389 g/mol. The van der Waals surface area contributed by atoms with Gasteiger partial charge in [0.15, 0.2) is 0 Å². The maximum atomic E-state index is 9.66. The summed E-state index contributed by atoms with van der Waals surface area (Å²) < 4.78 is 0. The van der Waals surface area contributed by atoms with Gasteiger partial charge in [0.05, 0.1) is 13.1 Å². The Hall–Kier alpha value is -2.04. The topological polar surface area (TPSA) is 47.9 Å². The highest BCUT2D eigenvalue weighted by atomic mass is 35.5. The molecule has 0 saturated heterocycles. The van der Waals surface area contributed by atoms with E-state index in [0.717, 1.165) is 41.8 Å². The van der Waals surface area contributed by atoms with Crippen molar-refractivity contribution in [1.82, 2.24) is 10.3 Å². The van der Waals surface area contributed by atoms with E-state index in [2.05, 4.69) is 30.8 Å². The zero-order valence-electron chi connectivity index (χ0n) is 16.9. The maximum Gasteiger partial charge on any atom is 0.115 e. The Labute approximate surface area is 168 Å². The number of nitrogens with zero attached hydrogens (tertiary/aromatic N) is 2. The van der Waals surface area contributed by atoms with Gasteiger partial charge in [0.2, 0.25) is 0 Å². The molecule has 0 heterocycles. The summed E-state index contributed by atoms with van der Waals surface area (Å²) in [5, 5.41) is 20.4. The molecule has 0 unspecified atom stereocenters. The molecule has 0 aromatic heterocycles. The second-order valence-electron chi connectivity index (χ2n) is 6.58. The maximum absolute atomic E-state index is 9.66. The highest BCUT2D eigenvalue weighted by molar-refractivity contribution is 6.31. The summed E-state index contributed by atoms with van der Waals surface area (Å²) in [5.74, 6) is 0.287. The van der Waals surface area contributed by atoms with Crippen molar-refractivity contribution >= 4 is 17.3 Å². The number of halogens is 1. The van der Waals surface area contributed by atoms with Crippen molar-refractivity contribution in [2.24, 2.45) is 5.10 Å². The van der Waals surface area contributed by atoms with Gasteiger partial charge in [-0.1, -0.05) is 48.9 Å². The van der Waals surface area contributed by atoms with Crippen LogP contribution in [0, 0.1) is 6.92 Å². The van der Waals surface area contributed by atoms with Crippen LogP contribution in [0.15, 0.2) is 58.7 Å². The number of allylic oxidation sites excluding steroid dienone is 4. The van der Waals surface area contributed by atoms with Crippen LogP contribution in [-0.2, 0) is 6.54 Å². The molecule has 0 fully saturated rings. The molecule has 0 aliphatic carbocycles. The zero-order chi connectivity index (χ0) is 20.2. The molecule has 27 heavy (non-hydrogen) atoms. The van der Waals surface area contributed by atoms with Crippen LogP contribution in [0.2, 0.25) is 0 Å². The van der Waals surface area contributed by atoms with E-state index in [1.165, 1.54) is 0 Å². The molecule has 0 aliphatic heterocycles. The third-order valence-electron chi connectivity index (χ3n) is 4.19. The standard InChI is InChI=1S/C22H32ClN3O/c1-6-20(23)10-8-17(3)15-26(25-21(7-2)12-13-24-5)16-19-9-11-22(27)14-18(19)4/h6,8-11,14,24,27H,1,7,12-13,15-16H2,2-5H3/b17-8+,20-10+,25-21+. The van der Waals surface area contributed by atoms with Gasteiger partial charge in [-0.2, -0.15) is 5.10 Å². The molecule has 1 aromatic carbocycles. The van der Waals surface area contributed by atoms with E-state index in [9.17, 15) is 5.11 Å². The smallest absolute Gasteiger partial charge is 0.115 e. The Morgan fingerprint density at radius 2 is 2.11 bits per heavy atom. The quantitative estimate of drug-likeness (QED) is 0.313. The molecule has 0 saturated carbocycles. The fraction of sp³-hybridized carbons (Fsp3) is 0.409. The Kier molecular flexibility index (Phi) is 10.5. The van der Waals surface area contributed by atoms with Crippen molar-refractivity contribution in [3.8, 4) is 5.75 Å². The van der Waals surface area contributed by atoms with Crippen molar-refractivity contribution in [1.29, 1.82) is 0 Å². The van der Waals surface area contributed by atoms with E-state index in [1.807, 2.05) is 32.2 Å². The van der Waals surface area contributed by atoms with Gasteiger partial charge in [0.25, 0.3) is 0 Å². The fourth-order valence-corrected chi connectivity index (χ4v) is 2.64. The molecule has 5 heteroatoms. The van der Waals surface area contributed by atoms with Crippen LogP contribution in [0.5, 0.6) is 5.75 Å². The number of phenols is 1. The molecule has 0 aliphatic rings. The molecule has 0 radical (unpaired) electrons. The number of hydrogen-bond acceptors (Lipinski definition) is 4. The number of aromatic hydroxyl groups is 1. The Morgan fingerprint density at radius 1 is 1.37 bits per heavy atom. The Bertz CT molecular complexity index is 708. The first-order valence-electron chi connectivity index (χ1n) is 9.29. The number of aryl methyl sites for hydroxylation is 1. The van der Waals surface area contributed by atoms with E-state index >= 15 is 0 Å². The molecule has 148 valence electrons. The number of benzene rings is 1. The van der Waals surface area contributed by atoms with Crippen molar-refractivity contribution in [2.75, 3.05) is 20.1 Å². The van der Waals surface area contributed by atoms with Gasteiger partial charge in [0.1, 0.15) is 5.75 Å². The lowest BCUT2D eigenvalue weighted by Gasteiger charge is -2.22. The van der Waals surface area contributed by atoms with Gasteiger partial charge in [0, 0.05) is 17.3 Å². The molecule has 4 nitrogen and oxygen atoms in total. The summed E-state index contributed by atoms with van der Waals surface area (Å²) in [7, 11) is 1.95. The molecule has 0 atom stereocenters. The van der Waals surface area contributed by atoms with E-state index in [-0.39, 0.29) is 5.75 Å². The molecule has 0 amide bonds. The Balaban J connectivity index is 3.07. The minimum atomic E-state index is 0.287. The first-order chi connectivity index (χ1) is 12.9. The summed E-state index contributed by atoms with van der Waals surface area (Å²) in [6, 6.07) is 5.47. The predicted octanol–water partition coefficient (Wildman–Crippen LogP) is 5.13. The van der Waals surface area contributed by atoms with Crippen molar-refractivity contribution in [3.05, 3.63) is 64.7 Å². The van der Waals surface area contributed by atoms with Crippen molar-refractivity contribution < 1.29 is 5.11 Å². The van der Waals surface area contributed by atoms with Crippen LogP contribution in [-0.4, -0.2) is 36.0 Å². The first-order valence-corrected chi connectivity index (χ1v) is 9.67. The van der Waals surface area contributed by atoms with Crippen LogP contribution in [0.4, 0.5) is 0 Å². The molecule has 1 rings (SSSR count). The average Bonchev–Trinajstić information content (AvgIpc) is 2.65. The second kappa shape index (κ2) is 12.4. The lowest BCUT2D eigenvalue weighted by atomic mass is 10.1. The Morgan fingerprint density at radius 3 is 2.70 bits per heavy atom. The minimum Gasteiger partial charge on any atom is -0.508 e. The normalized spacial score (nSPS) is 13.0. The molecule has 0 bridgehead atoms. The van der Waals surface area contributed by atoms with Crippen LogP contribution in [0.1, 0.15) is 37.8 Å². The van der Waals surface area contributed by atoms with Gasteiger partial charge >= 0.3 is 0 Å². The highest BCUT2D eigenvalue weighted by Gasteiger charge is 2.09. The van der Waals surface area contributed by atoms with Gasteiger partial charge in [-0.05, 0) is 63.1 Å². The fourth-order valence-electron chi connectivity index (χ4n) is 2.58. The summed E-state index contributed by atoms with van der Waals surface area (Å²) in [6.45, 7) is 12.2. The number of rotatable bonds is 11. The zero-order valence-corrected chi connectivity index (χ0v) is 17.7. The average molecular weight is 390 g/mol. The number of hydrazone groups is 1. The van der Waals surface area contributed by atoms with E-state index in [4.69, 9.17) is 16.7 Å². The molecular formula is C22H32ClN3O. The lowest BCUT2D eigenvalue weighted by molar-refractivity contribution is 0.302. The summed E-state index contributed by atoms with van der Waals surface area (Å²) in [5.41, 5.74) is 4.51. The van der Waals surface area contributed by atoms with Crippen molar-refractivity contribution in [2.45, 2.75) is 40.2 Å². The van der Waals surface area contributed by atoms with Crippen molar-refractivity contribution in [3.63, 3.8) is 0 Å². The summed E-state index contributed by atoms with van der Waals surface area (Å²) >= 11 is 6.00. The second-order valence-corrected chi connectivity index (χ2v) is 7.01. The van der Waals surface area contributed by atoms with Gasteiger partial charge in [-0.15, -0.1) is 0 Å². The third kappa shape index (κ3) is 8.94. The number of phenolic OH excluding ortho intramolecular Hbond substituents is 1. The van der Waals surface area contributed by atoms with Crippen LogP contribution in [0.25, 0.3) is 0 Å².